The van der Waals surface area contributed by atoms with Crippen LogP contribution in [0.25, 0.3) is 0 Å². The molecule has 0 aliphatic carbocycles. The number of para-hydroxylation sites is 1. The molecule has 2 rings (SSSR count). The highest BCUT2D eigenvalue weighted by molar-refractivity contribution is 5.33. The Labute approximate surface area is 118 Å². The summed E-state index contributed by atoms with van der Waals surface area (Å²) < 4.78 is 5.73. The zero-order valence-corrected chi connectivity index (χ0v) is 11.8. The van der Waals surface area contributed by atoms with Gasteiger partial charge in [0.05, 0.1) is 6.04 Å². The van der Waals surface area contributed by atoms with Gasteiger partial charge in [0.25, 0.3) is 0 Å². The van der Waals surface area contributed by atoms with E-state index < -0.39 is 0 Å². The number of aromatic nitrogens is 4. The Balaban J connectivity index is 1.96. The van der Waals surface area contributed by atoms with Gasteiger partial charge >= 0.3 is 0 Å². The summed E-state index contributed by atoms with van der Waals surface area (Å²) in [5.74, 6) is 1.51. The molecule has 6 nitrogen and oxygen atoms in total. The quantitative estimate of drug-likeness (QED) is 0.755. The fourth-order valence-corrected chi connectivity index (χ4v) is 1.70. The molecular weight excluding hydrogens is 254 g/mol. The summed E-state index contributed by atoms with van der Waals surface area (Å²) in [4.78, 5) is 0. The Morgan fingerprint density at radius 2 is 2.25 bits per heavy atom. The predicted molar refractivity (Wildman–Crippen MR) is 76.2 cm³/mol. The number of nitrogens with zero attached hydrogens (tertiary/aromatic N) is 3. The maximum absolute atomic E-state index is 5.73. The molecule has 0 fully saturated rings. The molecule has 0 unspecified atom stereocenters. The fourth-order valence-electron chi connectivity index (χ4n) is 1.70. The summed E-state index contributed by atoms with van der Waals surface area (Å²) >= 11 is 0. The lowest BCUT2D eigenvalue weighted by Gasteiger charge is -2.14. The smallest absolute Gasteiger partial charge is 0.191 e. The fraction of sp³-hybridized carbons (Fsp3) is 0.357. The van der Waals surface area contributed by atoms with E-state index in [0.29, 0.717) is 19.0 Å². The number of hydrogen-bond donors (Lipinski definition) is 2. The van der Waals surface area contributed by atoms with E-state index in [2.05, 4.69) is 32.5 Å². The Kier molecular flexibility index (Phi) is 4.84. The molecule has 0 spiro atoms. The molecule has 0 aliphatic rings. The minimum absolute atomic E-state index is 0.0166. The third kappa shape index (κ3) is 3.89. The van der Waals surface area contributed by atoms with Crippen LogP contribution in [0.2, 0.25) is 0 Å². The molecule has 0 radical (unpaired) electrons. The van der Waals surface area contributed by atoms with E-state index in [4.69, 9.17) is 4.74 Å². The summed E-state index contributed by atoms with van der Waals surface area (Å²) in [5.41, 5.74) is 2.08. The first kappa shape index (κ1) is 14.2. The van der Waals surface area contributed by atoms with Crippen LogP contribution in [0.1, 0.15) is 31.3 Å². The number of ether oxygens (including phenoxy) is 1. The average molecular weight is 273 g/mol. The molecule has 1 atom stereocenters. The van der Waals surface area contributed by atoms with Crippen LogP contribution in [0.5, 0.6) is 5.75 Å². The monoisotopic (exact) mass is 273 g/mol. The first-order valence-electron chi connectivity index (χ1n) is 6.48. The maximum Gasteiger partial charge on any atom is 0.191 e. The largest absolute Gasteiger partial charge is 0.489 e. The van der Waals surface area contributed by atoms with Crippen LogP contribution in [0.3, 0.4) is 0 Å². The van der Waals surface area contributed by atoms with Gasteiger partial charge in [-0.25, -0.2) is 0 Å². The van der Waals surface area contributed by atoms with Gasteiger partial charge in [-0.05, 0) is 25.5 Å². The van der Waals surface area contributed by atoms with E-state index in [9.17, 15) is 0 Å². The van der Waals surface area contributed by atoms with Crippen molar-refractivity contribution < 1.29 is 4.74 Å². The summed E-state index contributed by atoms with van der Waals surface area (Å²) in [7, 11) is 0. The van der Waals surface area contributed by atoms with E-state index in [-0.39, 0.29) is 6.04 Å². The molecule has 6 heteroatoms. The molecule has 106 valence electrons. The van der Waals surface area contributed by atoms with Crippen LogP contribution in [-0.4, -0.2) is 27.2 Å². The third-order valence-electron chi connectivity index (χ3n) is 2.79. The lowest BCUT2D eigenvalue weighted by molar-refractivity contribution is 0.346. The molecule has 0 bridgehead atoms. The van der Waals surface area contributed by atoms with Crippen molar-refractivity contribution in [3.8, 4) is 5.75 Å². The minimum atomic E-state index is 0.0166. The second-order valence-corrected chi connectivity index (χ2v) is 4.73. The van der Waals surface area contributed by atoms with Crippen molar-refractivity contribution in [3.05, 3.63) is 47.8 Å². The highest BCUT2D eigenvalue weighted by Crippen LogP contribution is 2.19. The molecule has 0 saturated heterocycles. The molecule has 1 aromatic carbocycles. The minimum Gasteiger partial charge on any atom is -0.489 e. The van der Waals surface area contributed by atoms with Gasteiger partial charge in [0.2, 0.25) is 0 Å². The van der Waals surface area contributed by atoms with Crippen molar-refractivity contribution in [3.63, 3.8) is 0 Å². The number of hydrogen-bond acceptors (Lipinski definition) is 5. The van der Waals surface area contributed by atoms with Gasteiger partial charge in [-0.15, -0.1) is 10.2 Å². The number of H-pyrrole nitrogens is 1. The van der Waals surface area contributed by atoms with Crippen molar-refractivity contribution in [1.29, 1.82) is 0 Å². The van der Waals surface area contributed by atoms with Crippen molar-refractivity contribution in [2.24, 2.45) is 0 Å². The zero-order chi connectivity index (χ0) is 14.4. The van der Waals surface area contributed by atoms with Gasteiger partial charge in [-0.1, -0.05) is 30.0 Å². The van der Waals surface area contributed by atoms with E-state index in [0.717, 1.165) is 16.9 Å². The molecule has 0 amide bonds. The maximum atomic E-state index is 5.73. The summed E-state index contributed by atoms with van der Waals surface area (Å²) in [6, 6.07) is 7.95. The molecule has 2 aromatic rings. The first-order chi connectivity index (χ1) is 9.66. The molecule has 1 aromatic heterocycles. The molecule has 2 N–H and O–H groups in total. The van der Waals surface area contributed by atoms with Crippen LogP contribution >= 0.6 is 0 Å². The highest BCUT2D eigenvalue weighted by atomic mass is 16.5. The van der Waals surface area contributed by atoms with Crippen molar-refractivity contribution in [2.45, 2.75) is 26.4 Å². The predicted octanol–water partition coefficient (Wildman–Crippen LogP) is 2.01. The number of benzene rings is 1. The summed E-state index contributed by atoms with van der Waals surface area (Å²) in [6.07, 6.45) is 0. The Morgan fingerprint density at radius 1 is 1.45 bits per heavy atom. The number of nitrogens with one attached hydrogen (secondary N) is 2. The second kappa shape index (κ2) is 6.81. The normalized spacial score (nSPS) is 12.1. The molecule has 0 aliphatic heterocycles. The van der Waals surface area contributed by atoms with Crippen LogP contribution in [-0.2, 0) is 6.54 Å². The van der Waals surface area contributed by atoms with Crippen LogP contribution in [0, 0.1) is 0 Å². The molecule has 20 heavy (non-hydrogen) atoms. The van der Waals surface area contributed by atoms with E-state index >= 15 is 0 Å². The van der Waals surface area contributed by atoms with Crippen LogP contribution in [0.15, 0.2) is 36.4 Å². The number of tetrazole rings is 1. The number of rotatable bonds is 7. The van der Waals surface area contributed by atoms with E-state index in [1.54, 1.807) is 0 Å². The topological polar surface area (TPSA) is 75.7 Å². The third-order valence-corrected chi connectivity index (χ3v) is 2.79. The Morgan fingerprint density at radius 3 is 2.95 bits per heavy atom. The van der Waals surface area contributed by atoms with Gasteiger partial charge in [-0.2, -0.15) is 5.21 Å². The van der Waals surface area contributed by atoms with Gasteiger partial charge < -0.3 is 10.1 Å². The molecule has 1 heterocycles. The van der Waals surface area contributed by atoms with Gasteiger partial charge in [0, 0.05) is 12.1 Å². The Bertz CT molecular complexity index is 552. The van der Waals surface area contributed by atoms with E-state index in [1.165, 1.54) is 0 Å². The van der Waals surface area contributed by atoms with Crippen LogP contribution < -0.4 is 10.1 Å². The second-order valence-electron chi connectivity index (χ2n) is 4.73. The Hall–Kier alpha value is -2.21. The van der Waals surface area contributed by atoms with Gasteiger partial charge in [-0.3, -0.25) is 0 Å². The van der Waals surface area contributed by atoms with Crippen LogP contribution in [0.4, 0.5) is 0 Å². The SMILES string of the molecule is C=C(C)COc1ccccc1CN[C@@H](C)c1nn[nH]n1. The average Bonchev–Trinajstić information content (AvgIpc) is 2.97. The van der Waals surface area contributed by atoms with Crippen molar-refractivity contribution in [1.82, 2.24) is 25.9 Å². The van der Waals surface area contributed by atoms with E-state index in [1.807, 2.05) is 38.1 Å². The highest BCUT2D eigenvalue weighted by Gasteiger charge is 2.10. The van der Waals surface area contributed by atoms with Gasteiger partial charge in [0.1, 0.15) is 12.4 Å². The standard InChI is InChI=1S/C14H19N5O/c1-10(2)9-20-13-7-5-4-6-12(13)8-15-11(3)14-16-18-19-17-14/h4-7,11,15H,1,8-9H2,2-3H3,(H,16,17,18,19)/t11-/m0/s1. The van der Waals surface area contributed by atoms with Crippen molar-refractivity contribution >= 4 is 0 Å². The zero-order valence-electron chi connectivity index (χ0n) is 11.8. The summed E-state index contributed by atoms with van der Waals surface area (Å²) in [6.45, 7) is 8.97. The van der Waals surface area contributed by atoms with Gasteiger partial charge in [0.15, 0.2) is 5.82 Å². The summed E-state index contributed by atoms with van der Waals surface area (Å²) in [5, 5.41) is 17.3. The lowest BCUT2D eigenvalue weighted by atomic mass is 10.2. The number of aromatic amines is 1. The van der Waals surface area contributed by atoms with Crippen molar-refractivity contribution in [2.75, 3.05) is 6.61 Å². The lowest BCUT2D eigenvalue weighted by Crippen LogP contribution is -2.19. The molecular formula is C14H19N5O. The molecule has 0 saturated carbocycles. The first-order valence-corrected chi connectivity index (χ1v) is 6.48.